The fourth-order valence-electron chi connectivity index (χ4n) is 1.28. The van der Waals surface area contributed by atoms with Crippen LogP contribution in [0.4, 0.5) is 0 Å². The Morgan fingerprint density at radius 2 is 1.94 bits per heavy atom. The maximum Gasteiger partial charge on any atom is 0.327 e. The van der Waals surface area contributed by atoms with Crippen LogP contribution in [0.25, 0.3) is 0 Å². The van der Waals surface area contributed by atoms with Crippen molar-refractivity contribution < 1.29 is 27.2 Å². The first-order chi connectivity index (χ1) is 7.74. The van der Waals surface area contributed by atoms with Crippen molar-refractivity contribution >= 4 is 15.2 Å². The lowest BCUT2D eigenvalue weighted by Crippen LogP contribution is -2.38. The second-order valence-electron chi connectivity index (χ2n) is 4.40. The topological polar surface area (TPSA) is 71.1 Å². The van der Waals surface area contributed by atoms with Gasteiger partial charge in [-0.3, -0.25) is 9.13 Å². The van der Waals surface area contributed by atoms with Gasteiger partial charge in [0.2, 0.25) is 0 Å². The quantitative estimate of drug-likeness (QED) is 0.724. The first-order valence-corrected chi connectivity index (χ1v) is 9.37. The minimum absolute atomic E-state index is 0.200. The summed E-state index contributed by atoms with van der Waals surface area (Å²) in [7, 11) is -4.57. The van der Waals surface area contributed by atoms with E-state index in [1.807, 2.05) is 6.92 Å². The third kappa shape index (κ3) is 4.47. The molecule has 1 fully saturated rings. The smallest absolute Gasteiger partial charge is 0.312 e. The molecular weight excluding hydrogens is 266 g/mol. The van der Waals surface area contributed by atoms with Gasteiger partial charge in [0.05, 0.1) is 19.8 Å². The monoisotopic (exact) mass is 286 g/mol. The van der Waals surface area contributed by atoms with E-state index in [1.54, 1.807) is 0 Å². The highest BCUT2D eigenvalue weighted by atomic mass is 31.2. The fourth-order valence-corrected chi connectivity index (χ4v) is 2.99. The highest BCUT2D eigenvalue weighted by molar-refractivity contribution is 7.53. The Hall–Kier alpha value is 0.300. The first kappa shape index (κ1) is 15.4. The summed E-state index contributed by atoms with van der Waals surface area (Å²) in [6.07, 6.45) is 0.719. The highest BCUT2D eigenvalue weighted by Gasteiger charge is 2.40. The predicted octanol–water partition coefficient (Wildman–Crippen LogP) is 2.74. The largest absolute Gasteiger partial charge is 0.327 e. The molecule has 1 atom stereocenters. The van der Waals surface area contributed by atoms with Crippen molar-refractivity contribution in [3.05, 3.63) is 0 Å². The molecule has 8 heteroatoms. The second kappa shape index (κ2) is 5.52. The molecule has 1 aliphatic heterocycles. The first-order valence-electron chi connectivity index (χ1n) is 5.39. The van der Waals surface area contributed by atoms with Crippen molar-refractivity contribution in [3.8, 4) is 0 Å². The molecule has 6 nitrogen and oxygen atoms in total. The van der Waals surface area contributed by atoms with Crippen molar-refractivity contribution in [2.75, 3.05) is 40.3 Å². The SMILES string of the molecule is CCC1(COP(C)(=O)OC)COP(C)(=O)OC1. The van der Waals surface area contributed by atoms with Gasteiger partial charge < -0.3 is 18.1 Å². The van der Waals surface area contributed by atoms with Crippen LogP contribution in [-0.2, 0) is 27.2 Å². The van der Waals surface area contributed by atoms with E-state index in [0.717, 1.165) is 6.42 Å². The van der Waals surface area contributed by atoms with Gasteiger partial charge in [0, 0.05) is 25.9 Å². The maximum atomic E-state index is 11.6. The standard InChI is InChI=1S/C9H20O6P2/c1-5-9(6-13-16(3,10)12-2)7-14-17(4,11)15-8-9/h5-8H2,1-4H3. The summed E-state index contributed by atoms with van der Waals surface area (Å²) in [5.74, 6) is 0. The Balaban J connectivity index is 2.60. The molecule has 0 aromatic heterocycles. The van der Waals surface area contributed by atoms with Gasteiger partial charge in [0.15, 0.2) is 0 Å². The molecule has 0 amide bonds. The fraction of sp³-hybridized carbons (Fsp3) is 1.00. The number of rotatable bonds is 5. The normalized spacial score (nSPS) is 37.6. The molecule has 1 saturated heterocycles. The third-order valence-corrected chi connectivity index (χ3v) is 5.36. The Bertz CT molecular complexity index is 343. The van der Waals surface area contributed by atoms with Crippen LogP contribution < -0.4 is 0 Å². The van der Waals surface area contributed by atoms with Crippen molar-refractivity contribution in [2.45, 2.75) is 13.3 Å². The molecule has 0 aromatic carbocycles. The molecule has 0 aromatic rings. The maximum absolute atomic E-state index is 11.6. The van der Waals surface area contributed by atoms with Crippen LogP contribution in [0.5, 0.6) is 0 Å². The molecule has 1 aliphatic rings. The van der Waals surface area contributed by atoms with E-state index in [9.17, 15) is 9.13 Å². The molecule has 0 radical (unpaired) electrons. The van der Waals surface area contributed by atoms with Crippen LogP contribution in [0.15, 0.2) is 0 Å². The van der Waals surface area contributed by atoms with Crippen molar-refractivity contribution in [3.63, 3.8) is 0 Å². The number of hydrogen-bond acceptors (Lipinski definition) is 6. The summed E-state index contributed by atoms with van der Waals surface area (Å²) < 4.78 is 43.6. The van der Waals surface area contributed by atoms with E-state index >= 15 is 0 Å². The van der Waals surface area contributed by atoms with Gasteiger partial charge in [0.1, 0.15) is 0 Å². The van der Waals surface area contributed by atoms with Crippen molar-refractivity contribution in [1.29, 1.82) is 0 Å². The summed E-state index contributed by atoms with van der Waals surface area (Å²) in [4.78, 5) is 0. The van der Waals surface area contributed by atoms with E-state index in [0.29, 0.717) is 0 Å². The van der Waals surface area contributed by atoms with Gasteiger partial charge in [0.25, 0.3) is 0 Å². The van der Waals surface area contributed by atoms with Crippen molar-refractivity contribution in [2.24, 2.45) is 5.41 Å². The summed E-state index contributed by atoms with van der Waals surface area (Å²) in [6.45, 7) is 5.56. The summed E-state index contributed by atoms with van der Waals surface area (Å²) in [5.41, 5.74) is -0.409. The van der Waals surface area contributed by atoms with E-state index in [4.69, 9.17) is 18.1 Å². The number of hydrogen-bond donors (Lipinski definition) is 0. The van der Waals surface area contributed by atoms with Gasteiger partial charge in [-0.05, 0) is 6.42 Å². The Labute approximate surface area is 102 Å². The lowest BCUT2D eigenvalue weighted by atomic mass is 9.88. The van der Waals surface area contributed by atoms with E-state index in [-0.39, 0.29) is 19.8 Å². The molecule has 1 rings (SSSR count). The zero-order valence-electron chi connectivity index (χ0n) is 10.7. The molecule has 0 saturated carbocycles. The summed E-state index contributed by atoms with van der Waals surface area (Å²) in [6, 6.07) is 0. The van der Waals surface area contributed by atoms with Crippen LogP contribution in [-0.4, -0.2) is 40.3 Å². The van der Waals surface area contributed by atoms with Gasteiger partial charge in [-0.15, -0.1) is 0 Å². The van der Waals surface area contributed by atoms with Gasteiger partial charge in [-0.2, -0.15) is 0 Å². The van der Waals surface area contributed by atoms with E-state index in [2.05, 4.69) is 0 Å². The Kier molecular flexibility index (Phi) is 4.98. The molecule has 17 heavy (non-hydrogen) atoms. The summed E-state index contributed by atoms with van der Waals surface area (Å²) >= 11 is 0. The van der Waals surface area contributed by atoms with Crippen LogP contribution >= 0.6 is 15.2 Å². The Morgan fingerprint density at radius 3 is 2.35 bits per heavy atom. The minimum atomic E-state index is -3.01. The van der Waals surface area contributed by atoms with Crippen LogP contribution in [0.1, 0.15) is 13.3 Å². The van der Waals surface area contributed by atoms with Crippen LogP contribution in [0, 0.1) is 5.41 Å². The molecule has 1 heterocycles. The van der Waals surface area contributed by atoms with Crippen LogP contribution in [0.3, 0.4) is 0 Å². The summed E-state index contributed by atoms with van der Waals surface area (Å²) in [5, 5.41) is 0. The minimum Gasteiger partial charge on any atom is -0.312 e. The van der Waals surface area contributed by atoms with Crippen LogP contribution in [0.2, 0.25) is 0 Å². The zero-order chi connectivity index (χ0) is 13.2. The van der Waals surface area contributed by atoms with E-state index in [1.165, 1.54) is 20.4 Å². The lowest BCUT2D eigenvalue weighted by molar-refractivity contribution is -0.0168. The third-order valence-electron chi connectivity index (χ3n) is 2.90. The molecule has 0 bridgehead atoms. The molecule has 102 valence electrons. The zero-order valence-corrected chi connectivity index (χ0v) is 12.5. The molecule has 0 N–H and O–H groups in total. The predicted molar refractivity (Wildman–Crippen MR) is 64.7 cm³/mol. The van der Waals surface area contributed by atoms with E-state index < -0.39 is 20.6 Å². The average Bonchev–Trinajstić information content (AvgIpc) is 2.29. The second-order valence-corrected chi connectivity index (χ2v) is 8.62. The lowest BCUT2D eigenvalue weighted by Gasteiger charge is -2.37. The molecular formula is C9H20O6P2. The van der Waals surface area contributed by atoms with Gasteiger partial charge in [-0.25, -0.2) is 0 Å². The Morgan fingerprint density at radius 1 is 1.41 bits per heavy atom. The highest BCUT2D eigenvalue weighted by Crippen LogP contribution is 2.52. The molecule has 1 unspecified atom stereocenters. The van der Waals surface area contributed by atoms with Gasteiger partial charge >= 0.3 is 15.2 Å². The van der Waals surface area contributed by atoms with Crippen molar-refractivity contribution in [1.82, 2.24) is 0 Å². The van der Waals surface area contributed by atoms with Gasteiger partial charge in [-0.1, -0.05) is 6.92 Å². The average molecular weight is 286 g/mol. The molecule has 0 spiro atoms. The molecule has 0 aliphatic carbocycles.